The van der Waals surface area contributed by atoms with Gasteiger partial charge in [-0.15, -0.1) is 0 Å². The number of hydrogen-bond donors (Lipinski definition) is 3. The summed E-state index contributed by atoms with van der Waals surface area (Å²) in [4.78, 5) is 27.5. The molecular formula is C27H31N3O4. The third-order valence-electron chi connectivity index (χ3n) is 8.97. The number of ether oxygens (including phenoxy) is 1. The highest BCUT2D eigenvalue weighted by molar-refractivity contribution is 6.07. The standard InChI is InChI=1S/C27H31N3O4/c1-34-20-8-7-19-15-22-27(33)11-10-26(23(31)28-24(32)29-26)17-25(27,21(19)16-20)12-14-30(22)13-9-18-5-3-2-4-6-18/h2-8,16,22,33H,9-15,17H2,1H3,(H2,28,29,31,32). The van der Waals surface area contributed by atoms with Crippen LogP contribution in [0.5, 0.6) is 5.75 Å². The summed E-state index contributed by atoms with van der Waals surface area (Å²) in [6.07, 6.45) is 3.71. The first-order valence-electron chi connectivity index (χ1n) is 12.2. The molecule has 2 aromatic rings. The van der Waals surface area contributed by atoms with Crippen LogP contribution in [0.1, 0.15) is 42.4 Å². The van der Waals surface area contributed by atoms with Crippen LogP contribution in [0, 0.1) is 0 Å². The number of urea groups is 1. The molecule has 2 aliphatic heterocycles. The molecule has 7 nitrogen and oxygen atoms in total. The first-order chi connectivity index (χ1) is 16.4. The Morgan fingerprint density at radius 2 is 1.94 bits per heavy atom. The van der Waals surface area contributed by atoms with Crippen LogP contribution in [0.3, 0.4) is 0 Å². The minimum atomic E-state index is -0.986. The molecule has 3 amide bonds. The summed E-state index contributed by atoms with van der Waals surface area (Å²) in [6.45, 7) is 1.71. The van der Waals surface area contributed by atoms with Crippen molar-refractivity contribution in [2.75, 3.05) is 20.2 Å². The van der Waals surface area contributed by atoms with Gasteiger partial charge in [-0.25, -0.2) is 4.79 Å². The lowest BCUT2D eigenvalue weighted by atomic mass is 9.46. The third kappa shape index (κ3) is 2.96. The van der Waals surface area contributed by atoms with Gasteiger partial charge in [-0.3, -0.25) is 15.0 Å². The van der Waals surface area contributed by atoms with Gasteiger partial charge in [-0.2, -0.15) is 0 Å². The number of nitrogens with zero attached hydrogens (tertiary/aromatic N) is 1. The quantitative estimate of drug-likeness (QED) is 0.608. The SMILES string of the molecule is COc1ccc2c(c1)C13CCN(CCc4ccccc4)C(C2)C1(O)CCC1(C3)NC(=O)NC1=O. The molecule has 178 valence electrons. The second-order valence-corrected chi connectivity index (χ2v) is 10.4. The van der Waals surface area contributed by atoms with Gasteiger partial charge in [0, 0.05) is 18.0 Å². The van der Waals surface area contributed by atoms with E-state index in [1.807, 2.05) is 18.2 Å². The fraction of sp³-hybridized carbons (Fsp3) is 0.481. The van der Waals surface area contributed by atoms with Crippen molar-refractivity contribution in [3.8, 4) is 5.75 Å². The van der Waals surface area contributed by atoms with Crippen LogP contribution in [0.25, 0.3) is 0 Å². The molecule has 2 aromatic carbocycles. The van der Waals surface area contributed by atoms with Gasteiger partial charge in [0.1, 0.15) is 11.3 Å². The third-order valence-corrected chi connectivity index (χ3v) is 8.97. The normalized spacial score (nSPS) is 34.2. The van der Waals surface area contributed by atoms with Gasteiger partial charge in [0.25, 0.3) is 5.91 Å². The predicted octanol–water partition coefficient (Wildman–Crippen LogP) is 2.30. The van der Waals surface area contributed by atoms with Gasteiger partial charge in [-0.05, 0) is 73.9 Å². The number of hydrogen-bond acceptors (Lipinski definition) is 5. The lowest BCUT2D eigenvalue weighted by Crippen LogP contribution is -2.76. The van der Waals surface area contributed by atoms with E-state index < -0.39 is 22.6 Å². The first kappa shape index (κ1) is 21.6. The largest absolute Gasteiger partial charge is 0.497 e. The highest BCUT2D eigenvalue weighted by Crippen LogP contribution is 2.60. The van der Waals surface area contributed by atoms with Crippen molar-refractivity contribution in [1.82, 2.24) is 15.5 Å². The number of imide groups is 1. The van der Waals surface area contributed by atoms with E-state index in [0.717, 1.165) is 43.7 Å². The molecule has 3 N–H and O–H groups in total. The zero-order chi connectivity index (χ0) is 23.6. The first-order valence-corrected chi connectivity index (χ1v) is 12.2. The number of benzene rings is 2. The van der Waals surface area contributed by atoms with E-state index >= 15 is 0 Å². The van der Waals surface area contributed by atoms with Crippen LogP contribution in [0.2, 0.25) is 0 Å². The van der Waals surface area contributed by atoms with Crippen molar-refractivity contribution in [3.63, 3.8) is 0 Å². The smallest absolute Gasteiger partial charge is 0.322 e. The van der Waals surface area contributed by atoms with Crippen molar-refractivity contribution in [1.29, 1.82) is 0 Å². The van der Waals surface area contributed by atoms with Crippen LogP contribution in [-0.2, 0) is 23.1 Å². The van der Waals surface area contributed by atoms with E-state index in [9.17, 15) is 14.7 Å². The predicted molar refractivity (Wildman–Crippen MR) is 127 cm³/mol. The maximum atomic E-state index is 12.9. The van der Waals surface area contributed by atoms with Crippen LogP contribution in [0.4, 0.5) is 4.79 Å². The number of likely N-dealkylation sites (tertiary alicyclic amines) is 1. The lowest BCUT2D eigenvalue weighted by Gasteiger charge is -2.65. The lowest BCUT2D eigenvalue weighted by molar-refractivity contribution is -0.179. The Labute approximate surface area is 199 Å². The number of piperidine rings is 1. The Morgan fingerprint density at radius 1 is 1.12 bits per heavy atom. The van der Waals surface area contributed by atoms with E-state index in [0.29, 0.717) is 19.3 Å². The van der Waals surface area contributed by atoms with E-state index in [-0.39, 0.29) is 11.9 Å². The van der Waals surface area contributed by atoms with Gasteiger partial charge in [0.15, 0.2) is 0 Å². The van der Waals surface area contributed by atoms with Crippen molar-refractivity contribution < 1.29 is 19.4 Å². The van der Waals surface area contributed by atoms with Crippen molar-refractivity contribution in [2.24, 2.45) is 0 Å². The average molecular weight is 462 g/mol. The number of amides is 3. The molecule has 4 aliphatic rings. The number of carbonyl (C=O) groups is 2. The second kappa shape index (κ2) is 7.55. The van der Waals surface area contributed by atoms with Crippen molar-refractivity contribution in [3.05, 3.63) is 65.2 Å². The Hall–Kier alpha value is -2.90. The summed E-state index contributed by atoms with van der Waals surface area (Å²) in [7, 11) is 1.65. The molecular weight excluding hydrogens is 430 g/mol. The molecule has 34 heavy (non-hydrogen) atoms. The van der Waals surface area contributed by atoms with Crippen molar-refractivity contribution in [2.45, 2.75) is 61.1 Å². The van der Waals surface area contributed by atoms with Crippen molar-refractivity contribution >= 4 is 11.9 Å². The molecule has 7 heteroatoms. The summed E-state index contributed by atoms with van der Waals surface area (Å²) < 4.78 is 5.55. The molecule has 2 bridgehead atoms. The zero-order valence-electron chi connectivity index (χ0n) is 19.5. The summed E-state index contributed by atoms with van der Waals surface area (Å²) in [5.41, 5.74) is 0.969. The maximum absolute atomic E-state index is 12.9. The van der Waals surface area contributed by atoms with Crippen LogP contribution in [-0.4, -0.2) is 59.3 Å². The molecule has 1 saturated carbocycles. The molecule has 0 aromatic heterocycles. The summed E-state index contributed by atoms with van der Waals surface area (Å²) in [5.74, 6) is 0.479. The number of fused-ring (bicyclic) bond motifs is 1. The number of carbonyl (C=O) groups excluding carboxylic acids is 2. The minimum Gasteiger partial charge on any atom is -0.497 e. The zero-order valence-corrected chi connectivity index (χ0v) is 19.5. The molecule has 4 unspecified atom stereocenters. The molecule has 4 atom stereocenters. The van der Waals surface area contributed by atoms with Crippen LogP contribution in [0.15, 0.2) is 48.5 Å². The van der Waals surface area contributed by atoms with E-state index in [4.69, 9.17) is 4.74 Å². The van der Waals surface area contributed by atoms with Gasteiger partial charge in [-0.1, -0.05) is 36.4 Å². The van der Waals surface area contributed by atoms with E-state index in [1.54, 1.807) is 7.11 Å². The molecule has 3 fully saturated rings. The van der Waals surface area contributed by atoms with E-state index in [1.165, 1.54) is 11.1 Å². The Balaban J connectivity index is 1.41. The summed E-state index contributed by atoms with van der Waals surface area (Å²) in [5, 5.41) is 17.9. The van der Waals surface area contributed by atoms with Gasteiger partial charge >= 0.3 is 6.03 Å². The Kier molecular flexibility index (Phi) is 4.80. The topological polar surface area (TPSA) is 90.9 Å². The second-order valence-electron chi connectivity index (χ2n) is 10.4. The molecule has 0 radical (unpaired) electrons. The summed E-state index contributed by atoms with van der Waals surface area (Å²) in [6, 6.07) is 16.1. The Morgan fingerprint density at radius 3 is 2.68 bits per heavy atom. The van der Waals surface area contributed by atoms with Crippen LogP contribution < -0.4 is 15.4 Å². The number of aliphatic hydroxyl groups is 1. The van der Waals surface area contributed by atoms with Gasteiger partial charge in [0.05, 0.1) is 12.7 Å². The summed E-state index contributed by atoms with van der Waals surface area (Å²) >= 11 is 0. The minimum absolute atomic E-state index is 0.0385. The maximum Gasteiger partial charge on any atom is 0.322 e. The fourth-order valence-corrected chi connectivity index (χ4v) is 7.27. The molecule has 1 spiro atoms. The monoisotopic (exact) mass is 461 g/mol. The van der Waals surface area contributed by atoms with Crippen LogP contribution >= 0.6 is 0 Å². The Bertz CT molecular complexity index is 1150. The van der Waals surface area contributed by atoms with E-state index in [2.05, 4.69) is 45.9 Å². The highest BCUT2D eigenvalue weighted by atomic mass is 16.5. The molecule has 2 saturated heterocycles. The number of nitrogens with one attached hydrogen (secondary N) is 2. The number of rotatable bonds is 4. The van der Waals surface area contributed by atoms with Gasteiger partial charge in [0.2, 0.25) is 0 Å². The molecule has 2 aliphatic carbocycles. The molecule has 2 heterocycles. The average Bonchev–Trinajstić information content (AvgIpc) is 3.11. The fourth-order valence-electron chi connectivity index (χ4n) is 7.27. The number of methoxy groups -OCH3 is 1. The highest BCUT2D eigenvalue weighted by Gasteiger charge is 2.69. The van der Waals surface area contributed by atoms with Gasteiger partial charge < -0.3 is 15.2 Å². The molecule has 6 rings (SSSR count).